The largest absolute Gasteiger partial charge is 0.416 e. The van der Waals surface area contributed by atoms with E-state index >= 15 is 0 Å². The number of hydrogen-bond donors (Lipinski definition) is 1. The van der Waals surface area contributed by atoms with E-state index in [9.17, 15) is 18.0 Å². The topological polar surface area (TPSA) is 50.7 Å². The predicted octanol–water partition coefficient (Wildman–Crippen LogP) is 4.47. The second kappa shape index (κ2) is 7.83. The Morgan fingerprint density at radius 2 is 1.80 bits per heavy atom. The van der Waals surface area contributed by atoms with E-state index in [-0.39, 0.29) is 5.69 Å². The van der Waals surface area contributed by atoms with Crippen LogP contribution in [0, 0.1) is 0 Å². The number of carbonyl (C=O) groups is 1. The van der Waals surface area contributed by atoms with Gasteiger partial charge in [-0.3, -0.25) is 4.79 Å². The van der Waals surface area contributed by atoms with Crippen molar-refractivity contribution in [2.75, 3.05) is 5.32 Å². The minimum atomic E-state index is -4.47. The number of benzene rings is 2. The number of oxime groups is 1. The number of alkyl halides is 3. The van der Waals surface area contributed by atoms with E-state index in [0.29, 0.717) is 5.71 Å². The van der Waals surface area contributed by atoms with E-state index in [4.69, 9.17) is 4.84 Å². The summed E-state index contributed by atoms with van der Waals surface area (Å²) in [7, 11) is 0. The Labute approximate surface area is 143 Å². The van der Waals surface area contributed by atoms with Crippen LogP contribution in [0.4, 0.5) is 18.9 Å². The predicted molar refractivity (Wildman–Crippen MR) is 89.3 cm³/mol. The average molecular weight is 350 g/mol. The molecule has 7 heteroatoms. The maximum absolute atomic E-state index is 12.7. The van der Waals surface area contributed by atoms with Crippen LogP contribution in [-0.4, -0.2) is 17.7 Å². The molecule has 1 unspecified atom stereocenters. The molecule has 0 spiro atoms. The van der Waals surface area contributed by atoms with Crippen LogP contribution in [-0.2, 0) is 15.8 Å². The molecule has 0 aliphatic carbocycles. The van der Waals surface area contributed by atoms with Crippen LogP contribution in [0.2, 0.25) is 0 Å². The molecule has 132 valence electrons. The highest BCUT2D eigenvalue weighted by molar-refractivity contribution is 5.98. The van der Waals surface area contributed by atoms with Crippen molar-refractivity contribution in [2.24, 2.45) is 5.16 Å². The van der Waals surface area contributed by atoms with Crippen LogP contribution < -0.4 is 5.32 Å². The molecule has 1 atom stereocenters. The average Bonchev–Trinajstić information content (AvgIpc) is 2.59. The summed E-state index contributed by atoms with van der Waals surface area (Å²) in [6, 6.07) is 13.6. The van der Waals surface area contributed by atoms with Crippen LogP contribution in [0.25, 0.3) is 0 Å². The first kappa shape index (κ1) is 18.5. The molecule has 4 nitrogen and oxygen atoms in total. The molecule has 0 aliphatic rings. The van der Waals surface area contributed by atoms with Crippen LogP contribution >= 0.6 is 0 Å². The van der Waals surface area contributed by atoms with Crippen molar-refractivity contribution in [3.05, 3.63) is 65.7 Å². The van der Waals surface area contributed by atoms with Gasteiger partial charge in [-0.25, -0.2) is 0 Å². The van der Waals surface area contributed by atoms with E-state index in [1.54, 1.807) is 6.92 Å². The Morgan fingerprint density at radius 3 is 2.44 bits per heavy atom. The molecule has 0 bridgehead atoms. The first-order chi connectivity index (χ1) is 11.8. The third kappa shape index (κ3) is 5.34. The molecule has 1 amide bonds. The number of carbonyl (C=O) groups excluding carboxylic acids is 1. The first-order valence-corrected chi connectivity index (χ1v) is 7.51. The molecule has 0 radical (unpaired) electrons. The fourth-order valence-electron chi connectivity index (χ4n) is 1.96. The highest BCUT2D eigenvalue weighted by atomic mass is 19.4. The van der Waals surface area contributed by atoms with Crippen molar-refractivity contribution in [3.63, 3.8) is 0 Å². The number of rotatable bonds is 5. The summed E-state index contributed by atoms with van der Waals surface area (Å²) in [5.41, 5.74) is 0.628. The van der Waals surface area contributed by atoms with Crippen LogP contribution in [0.3, 0.4) is 0 Å². The fraction of sp³-hybridized carbons (Fsp3) is 0.222. The van der Waals surface area contributed by atoms with Gasteiger partial charge in [0.25, 0.3) is 5.91 Å². The van der Waals surface area contributed by atoms with Gasteiger partial charge in [-0.15, -0.1) is 0 Å². The van der Waals surface area contributed by atoms with Gasteiger partial charge in [-0.2, -0.15) is 13.2 Å². The smallest absolute Gasteiger partial charge is 0.382 e. The van der Waals surface area contributed by atoms with Crippen molar-refractivity contribution in [2.45, 2.75) is 26.1 Å². The van der Waals surface area contributed by atoms with Gasteiger partial charge in [0.1, 0.15) is 0 Å². The molecule has 2 aromatic rings. The Hall–Kier alpha value is -2.83. The van der Waals surface area contributed by atoms with Gasteiger partial charge in [0, 0.05) is 5.69 Å². The van der Waals surface area contributed by atoms with Crippen LogP contribution in [0.15, 0.2) is 59.8 Å². The monoisotopic (exact) mass is 350 g/mol. The Morgan fingerprint density at radius 1 is 1.12 bits per heavy atom. The lowest BCUT2D eigenvalue weighted by atomic mass is 10.1. The lowest BCUT2D eigenvalue weighted by molar-refractivity contribution is -0.137. The molecular weight excluding hydrogens is 333 g/mol. The van der Waals surface area contributed by atoms with Gasteiger partial charge >= 0.3 is 6.18 Å². The second-order valence-electron chi connectivity index (χ2n) is 5.36. The number of nitrogens with one attached hydrogen (secondary N) is 1. The van der Waals surface area contributed by atoms with Gasteiger partial charge in [-0.05, 0) is 37.6 Å². The van der Waals surface area contributed by atoms with Crippen LogP contribution in [0.1, 0.15) is 25.0 Å². The SMILES string of the molecule is CC(=NOC(C)C(=O)Nc1cccc(C(F)(F)F)c1)c1ccccc1. The normalized spacial score (nSPS) is 13.2. The minimum Gasteiger partial charge on any atom is -0.382 e. The second-order valence-corrected chi connectivity index (χ2v) is 5.36. The van der Waals surface area contributed by atoms with Crippen molar-refractivity contribution in [3.8, 4) is 0 Å². The van der Waals surface area contributed by atoms with Crippen molar-refractivity contribution >= 4 is 17.3 Å². The summed E-state index contributed by atoms with van der Waals surface area (Å²) in [6.45, 7) is 3.19. The standard InChI is InChI=1S/C18H17F3N2O2/c1-12(14-7-4-3-5-8-14)23-25-13(2)17(24)22-16-10-6-9-15(11-16)18(19,20)21/h3-11,13H,1-2H3,(H,22,24). The van der Waals surface area contributed by atoms with E-state index in [1.807, 2.05) is 30.3 Å². The van der Waals surface area contributed by atoms with Gasteiger partial charge < -0.3 is 10.2 Å². The van der Waals surface area contributed by atoms with Crippen molar-refractivity contribution < 1.29 is 22.8 Å². The lowest BCUT2D eigenvalue weighted by Gasteiger charge is -2.13. The van der Waals surface area contributed by atoms with Crippen LogP contribution in [0.5, 0.6) is 0 Å². The van der Waals surface area contributed by atoms with E-state index < -0.39 is 23.8 Å². The third-order valence-corrected chi connectivity index (χ3v) is 3.37. The molecule has 0 saturated heterocycles. The third-order valence-electron chi connectivity index (χ3n) is 3.37. The van der Waals surface area contributed by atoms with E-state index in [2.05, 4.69) is 10.5 Å². The zero-order valence-electron chi connectivity index (χ0n) is 13.7. The maximum atomic E-state index is 12.7. The van der Waals surface area contributed by atoms with Gasteiger partial charge in [0.15, 0.2) is 0 Å². The van der Waals surface area contributed by atoms with E-state index in [1.165, 1.54) is 19.1 Å². The molecule has 0 fully saturated rings. The van der Waals surface area contributed by atoms with Gasteiger partial charge in [-0.1, -0.05) is 41.6 Å². The Balaban J connectivity index is 1.99. The maximum Gasteiger partial charge on any atom is 0.416 e. The molecular formula is C18H17F3N2O2. The Bertz CT molecular complexity index is 758. The molecule has 0 heterocycles. The Kier molecular flexibility index (Phi) is 5.80. The quantitative estimate of drug-likeness (QED) is 0.639. The van der Waals surface area contributed by atoms with Gasteiger partial charge in [0.05, 0.1) is 11.3 Å². The fourth-order valence-corrected chi connectivity index (χ4v) is 1.96. The number of anilines is 1. The molecule has 2 aromatic carbocycles. The number of amides is 1. The summed E-state index contributed by atoms with van der Waals surface area (Å²) < 4.78 is 38.0. The number of nitrogens with zero attached hydrogens (tertiary/aromatic N) is 1. The molecule has 25 heavy (non-hydrogen) atoms. The summed E-state index contributed by atoms with van der Waals surface area (Å²) in [5.74, 6) is -0.594. The summed E-state index contributed by atoms with van der Waals surface area (Å²) >= 11 is 0. The molecule has 2 rings (SSSR count). The molecule has 1 N–H and O–H groups in total. The highest BCUT2D eigenvalue weighted by Gasteiger charge is 2.30. The highest BCUT2D eigenvalue weighted by Crippen LogP contribution is 2.30. The molecule has 0 aliphatic heterocycles. The minimum absolute atomic E-state index is 0.0408. The number of hydrogen-bond acceptors (Lipinski definition) is 3. The number of halogens is 3. The zero-order valence-corrected chi connectivity index (χ0v) is 13.7. The summed E-state index contributed by atoms with van der Waals surface area (Å²) in [6.07, 6.45) is -5.44. The molecule has 0 saturated carbocycles. The lowest BCUT2D eigenvalue weighted by Crippen LogP contribution is -2.26. The van der Waals surface area contributed by atoms with Crippen molar-refractivity contribution in [1.82, 2.24) is 0 Å². The first-order valence-electron chi connectivity index (χ1n) is 7.51. The molecule has 0 aromatic heterocycles. The van der Waals surface area contributed by atoms with E-state index in [0.717, 1.165) is 17.7 Å². The van der Waals surface area contributed by atoms with Gasteiger partial charge in [0.2, 0.25) is 6.10 Å². The summed E-state index contributed by atoms with van der Waals surface area (Å²) in [5, 5.41) is 6.27. The summed E-state index contributed by atoms with van der Waals surface area (Å²) in [4.78, 5) is 17.2. The van der Waals surface area contributed by atoms with Crippen molar-refractivity contribution in [1.29, 1.82) is 0 Å². The zero-order chi connectivity index (χ0) is 18.4.